The van der Waals surface area contributed by atoms with Crippen LogP contribution >= 0.6 is 27.3 Å². The van der Waals surface area contributed by atoms with E-state index in [-0.39, 0.29) is 0 Å². The molecule has 1 heterocycles. The van der Waals surface area contributed by atoms with Gasteiger partial charge in [0.05, 0.1) is 0 Å². The van der Waals surface area contributed by atoms with Gasteiger partial charge >= 0.3 is 0 Å². The Labute approximate surface area is 95.7 Å². The monoisotopic (exact) mass is 267 g/mol. The molecule has 0 spiro atoms. The normalized spacial score (nSPS) is 10.4. The molecule has 0 atom stereocenters. The van der Waals surface area contributed by atoms with E-state index in [0.717, 1.165) is 4.47 Å². The minimum atomic E-state index is 0.620. The van der Waals surface area contributed by atoms with Crippen LogP contribution in [0, 0.1) is 0 Å². The molecule has 0 saturated carbocycles. The maximum Gasteiger partial charge on any atom is 0.0274 e. The van der Waals surface area contributed by atoms with Crippen molar-refractivity contribution in [3.8, 4) is 11.1 Å². The lowest BCUT2D eigenvalue weighted by Gasteiger charge is -1.99. The van der Waals surface area contributed by atoms with Crippen LogP contribution in [-0.4, -0.2) is 0 Å². The van der Waals surface area contributed by atoms with Gasteiger partial charge in [-0.2, -0.15) is 0 Å². The number of nitrogens with two attached hydrogens (primary N) is 1. The lowest BCUT2D eigenvalue weighted by atomic mass is 10.1. The molecule has 2 rings (SSSR count). The predicted molar refractivity (Wildman–Crippen MR) is 65.3 cm³/mol. The Morgan fingerprint density at radius 3 is 2.71 bits per heavy atom. The van der Waals surface area contributed by atoms with Gasteiger partial charge in [0.2, 0.25) is 0 Å². The van der Waals surface area contributed by atoms with E-state index in [1.165, 1.54) is 16.0 Å². The number of hydrogen-bond acceptors (Lipinski definition) is 2. The van der Waals surface area contributed by atoms with E-state index in [0.29, 0.717) is 6.54 Å². The molecular formula is C11H10BrNS. The maximum atomic E-state index is 5.58. The average Bonchev–Trinajstić information content (AvgIpc) is 2.67. The molecule has 2 aromatic rings. The average molecular weight is 268 g/mol. The quantitative estimate of drug-likeness (QED) is 0.884. The molecule has 1 nitrogen and oxygen atoms in total. The fourth-order valence-corrected chi connectivity index (χ4v) is 2.60. The molecule has 0 unspecified atom stereocenters. The molecule has 0 radical (unpaired) electrons. The van der Waals surface area contributed by atoms with Crippen molar-refractivity contribution >= 4 is 27.3 Å². The van der Waals surface area contributed by atoms with Crippen LogP contribution in [0.1, 0.15) is 4.88 Å². The SMILES string of the molecule is NCc1cc(-c2ccccc2Br)cs1. The summed E-state index contributed by atoms with van der Waals surface area (Å²) < 4.78 is 1.13. The van der Waals surface area contributed by atoms with Gasteiger partial charge in [0.15, 0.2) is 0 Å². The van der Waals surface area contributed by atoms with Crippen LogP contribution in [0.4, 0.5) is 0 Å². The largest absolute Gasteiger partial charge is 0.326 e. The van der Waals surface area contributed by atoms with Crippen LogP contribution in [0.15, 0.2) is 40.2 Å². The van der Waals surface area contributed by atoms with Crippen LogP contribution in [0.2, 0.25) is 0 Å². The van der Waals surface area contributed by atoms with Crippen LogP contribution in [0.25, 0.3) is 11.1 Å². The van der Waals surface area contributed by atoms with E-state index >= 15 is 0 Å². The Morgan fingerprint density at radius 1 is 1.29 bits per heavy atom. The van der Waals surface area contributed by atoms with Crippen molar-refractivity contribution in [1.82, 2.24) is 0 Å². The molecule has 14 heavy (non-hydrogen) atoms. The molecule has 2 N–H and O–H groups in total. The van der Waals surface area contributed by atoms with Gasteiger partial charge in [-0.1, -0.05) is 34.1 Å². The molecule has 72 valence electrons. The zero-order valence-corrected chi connectivity index (χ0v) is 9.94. The zero-order chi connectivity index (χ0) is 9.97. The third-order valence-corrected chi connectivity index (χ3v) is 3.69. The first-order chi connectivity index (χ1) is 6.81. The molecule has 1 aromatic heterocycles. The third kappa shape index (κ3) is 1.90. The van der Waals surface area contributed by atoms with Gasteiger partial charge in [0.25, 0.3) is 0 Å². The number of halogens is 1. The molecule has 0 fully saturated rings. The Balaban J connectivity index is 2.44. The Bertz CT molecular complexity index is 436. The standard InChI is InChI=1S/C11H10BrNS/c12-11-4-2-1-3-10(11)8-5-9(6-13)14-7-8/h1-5,7H,6,13H2. The summed E-state index contributed by atoms with van der Waals surface area (Å²) in [6, 6.07) is 10.4. The molecular weight excluding hydrogens is 258 g/mol. The molecule has 0 bridgehead atoms. The molecule has 1 aromatic carbocycles. The van der Waals surface area contributed by atoms with Crippen LogP contribution < -0.4 is 5.73 Å². The Hall–Kier alpha value is -0.640. The second-order valence-electron chi connectivity index (χ2n) is 2.99. The lowest BCUT2D eigenvalue weighted by Crippen LogP contribution is -1.91. The van der Waals surface area contributed by atoms with Gasteiger partial charge in [-0.15, -0.1) is 11.3 Å². The molecule has 0 saturated heterocycles. The Kier molecular flexibility index (Phi) is 3.01. The molecule has 0 aliphatic carbocycles. The fourth-order valence-electron chi connectivity index (χ4n) is 1.32. The van der Waals surface area contributed by atoms with Gasteiger partial charge in [0.1, 0.15) is 0 Å². The smallest absolute Gasteiger partial charge is 0.0274 e. The molecule has 0 aliphatic rings. The summed E-state index contributed by atoms with van der Waals surface area (Å²) in [6.45, 7) is 0.620. The van der Waals surface area contributed by atoms with Crippen molar-refractivity contribution in [2.45, 2.75) is 6.54 Å². The second kappa shape index (κ2) is 4.26. The van der Waals surface area contributed by atoms with Gasteiger partial charge in [0, 0.05) is 15.9 Å². The summed E-state index contributed by atoms with van der Waals surface area (Å²) in [6.07, 6.45) is 0. The van der Waals surface area contributed by atoms with Crippen LogP contribution in [0.5, 0.6) is 0 Å². The van der Waals surface area contributed by atoms with E-state index in [1.807, 2.05) is 12.1 Å². The third-order valence-electron chi connectivity index (χ3n) is 2.04. The van der Waals surface area contributed by atoms with Gasteiger partial charge < -0.3 is 5.73 Å². The highest BCUT2D eigenvalue weighted by Gasteiger charge is 2.04. The second-order valence-corrected chi connectivity index (χ2v) is 4.84. The molecule has 3 heteroatoms. The highest BCUT2D eigenvalue weighted by atomic mass is 79.9. The summed E-state index contributed by atoms with van der Waals surface area (Å²) in [7, 11) is 0. The van der Waals surface area contributed by atoms with Crippen molar-refractivity contribution in [3.05, 3.63) is 45.1 Å². The van der Waals surface area contributed by atoms with Crippen molar-refractivity contribution in [2.24, 2.45) is 5.73 Å². The lowest BCUT2D eigenvalue weighted by molar-refractivity contribution is 1.11. The van der Waals surface area contributed by atoms with E-state index in [4.69, 9.17) is 5.73 Å². The summed E-state index contributed by atoms with van der Waals surface area (Å²) in [4.78, 5) is 1.22. The number of hydrogen-bond donors (Lipinski definition) is 1. The van der Waals surface area contributed by atoms with Crippen LogP contribution in [-0.2, 0) is 6.54 Å². The topological polar surface area (TPSA) is 26.0 Å². The van der Waals surface area contributed by atoms with E-state index in [9.17, 15) is 0 Å². The maximum absolute atomic E-state index is 5.58. The summed E-state index contributed by atoms with van der Waals surface area (Å²) >= 11 is 5.24. The zero-order valence-electron chi connectivity index (χ0n) is 7.53. The van der Waals surface area contributed by atoms with E-state index < -0.39 is 0 Å². The highest BCUT2D eigenvalue weighted by Crippen LogP contribution is 2.31. The van der Waals surface area contributed by atoms with Gasteiger partial charge in [-0.05, 0) is 28.6 Å². The summed E-state index contributed by atoms with van der Waals surface area (Å²) in [5.41, 5.74) is 8.04. The number of thiophene rings is 1. The van der Waals surface area contributed by atoms with Crippen molar-refractivity contribution < 1.29 is 0 Å². The summed E-state index contributed by atoms with van der Waals surface area (Å²) in [5.74, 6) is 0. The minimum absolute atomic E-state index is 0.620. The summed E-state index contributed by atoms with van der Waals surface area (Å²) in [5, 5.41) is 2.14. The first kappa shape index (κ1) is 9.90. The number of rotatable bonds is 2. The van der Waals surface area contributed by atoms with Crippen LogP contribution in [0.3, 0.4) is 0 Å². The van der Waals surface area contributed by atoms with Crippen molar-refractivity contribution in [3.63, 3.8) is 0 Å². The first-order valence-corrected chi connectivity index (χ1v) is 6.01. The Morgan fingerprint density at radius 2 is 2.07 bits per heavy atom. The molecule has 0 amide bonds. The van der Waals surface area contributed by atoms with Gasteiger partial charge in [-0.3, -0.25) is 0 Å². The van der Waals surface area contributed by atoms with Crippen molar-refractivity contribution in [1.29, 1.82) is 0 Å². The van der Waals surface area contributed by atoms with E-state index in [2.05, 4.69) is 39.5 Å². The van der Waals surface area contributed by atoms with Gasteiger partial charge in [-0.25, -0.2) is 0 Å². The van der Waals surface area contributed by atoms with E-state index in [1.54, 1.807) is 11.3 Å². The first-order valence-electron chi connectivity index (χ1n) is 4.33. The molecule has 0 aliphatic heterocycles. The highest BCUT2D eigenvalue weighted by molar-refractivity contribution is 9.10. The van der Waals surface area contributed by atoms with Crippen molar-refractivity contribution in [2.75, 3.05) is 0 Å². The number of benzene rings is 1. The minimum Gasteiger partial charge on any atom is -0.326 e. The predicted octanol–water partition coefficient (Wildman–Crippen LogP) is 3.64. The fraction of sp³-hybridized carbons (Fsp3) is 0.0909.